The number of esters is 1. The molecule has 7 heteroatoms. The normalized spacial score (nSPS) is 27.0. The molecule has 0 aromatic carbocycles. The standard InChI is InChI=1S/C22H26N4O3/c1-29-21(27)12-15-2-4-16(5-3-15)17-6-8-18(9-7-17)26-11-10-20(25-14-24)19(13-23)22(26)28/h6,8-9,15-17,25H,2-5,7,10-12H2,1H3/t15?,16?,17-/m0/s1. The first-order valence-electron chi connectivity index (χ1n) is 10.1. The number of rotatable bonds is 5. The molecule has 152 valence electrons. The summed E-state index contributed by atoms with van der Waals surface area (Å²) in [6.45, 7) is 0.452. The topological polar surface area (TPSA) is 106 Å². The summed E-state index contributed by atoms with van der Waals surface area (Å²) in [7, 11) is 1.44. The van der Waals surface area contributed by atoms with Crippen molar-refractivity contribution >= 4 is 11.9 Å². The quantitative estimate of drug-likeness (QED) is 0.437. The van der Waals surface area contributed by atoms with Gasteiger partial charge in [-0.05, 0) is 55.9 Å². The molecule has 0 saturated heterocycles. The van der Waals surface area contributed by atoms with Gasteiger partial charge in [0.05, 0.1) is 12.8 Å². The smallest absolute Gasteiger partial charge is 0.305 e. The minimum atomic E-state index is -0.353. The number of carbonyl (C=O) groups excluding carboxylic acids is 2. The summed E-state index contributed by atoms with van der Waals surface area (Å²) in [6, 6.07) is 1.93. The molecule has 0 aromatic heterocycles. The lowest BCUT2D eigenvalue weighted by Gasteiger charge is -2.35. The van der Waals surface area contributed by atoms with Gasteiger partial charge in [0.2, 0.25) is 0 Å². The number of nitrogens with zero attached hydrogens (tertiary/aromatic N) is 3. The molecule has 2 aliphatic carbocycles. The Morgan fingerprint density at radius 3 is 2.66 bits per heavy atom. The number of carbonyl (C=O) groups is 2. The Labute approximate surface area is 171 Å². The van der Waals surface area contributed by atoms with E-state index < -0.39 is 0 Å². The van der Waals surface area contributed by atoms with Crippen molar-refractivity contribution in [2.75, 3.05) is 13.7 Å². The van der Waals surface area contributed by atoms with Crippen LogP contribution in [-0.2, 0) is 14.3 Å². The van der Waals surface area contributed by atoms with Crippen LogP contribution in [0.15, 0.2) is 35.2 Å². The maximum absolute atomic E-state index is 12.7. The molecule has 3 aliphatic rings. The molecule has 3 rings (SSSR count). The van der Waals surface area contributed by atoms with Crippen LogP contribution in [0.4, 0.5) is 0 Å². The molecule has 0 radical (unpaired) electrons. The molecule has 29 heavy (non-hydrogen) atoms. The van der Waals surface area contributed by atoms with Crippen LogP contribution in [0.3, 0.4) is 0 Å². The Morgan fingerprint density at radius 2 is 2.07 bits per heavy atom. The third kappa shape index (κ3) is 4.68. The van der Waals surface area contributed by atoms with Gasteiger partial charge in [-0.1, -0.05) is 12.2 Å². The fraction of sp³-hybridized carbons (Fsp3) is 0.545. The van der Waals surface area contributed by atoms with Gasteiger partial charge in [-0.25, -0.2) is 0 Å². The SMILES string of the molecule is COC(=O)CC1CCC([C@H]2C=CC(N3CCC(NC#N)=C(C#N)C3=O)=CC2)CC1. The highest BCUT2D eigenvalue weighted by molar-refractivity contribution is 6.00. The van der Waals surface area contributed by atoms with Crippen molar-refractivity contribution in [3.8, 4) is 12.3 Å². The predicted molar refractivity (Wildman–Crippen MR) is 105 cm³/mol. The monoisotopic (exact) mass is 394 g/mol. The number of hydrogen-bond acceptors (Lipinski definition) is 6. The molecule has 1 amide bonds. The zero-order valence-corrected chi connectivity index (χ0v) is 16.7. The van der Waals surface area contributed by atoms with E-state index in [4.69, 9.17) is 10.00 Å². The summed E-state index contributed by atoms with van der Waals surface area (Å²) in [5, 5.41) is 20.5. The molecule has 1 atom stereocenters. The molecule has 1 N–H and O–H groups in total. The largest absolute Gasteiger partial charge is 0.469 e. The first-order chi connectivity index (χ1) is 14.1. The van der Waals surface area contributed by atoms with Crippen LogP contribution in [0.2, 0.25) is 0 Å². The fourth-order valence-corrected chi connectivity index (χ4v) is 4.58. The van der Waals surface area contributed by atoms with Crippen molar-refractivity contribution in [3.05, 3.63) is 35.2 Å². The van der Waals surface area contributed by atoms with Gasteiger partial charge in [-0.15, -0.1) is 0 Å². The van der Waals surface area contributed by atoms with Crippen LogP contribution >= 0.6 is 0 Å². The zero-order valence-electron chi connectivity index (χ0n) is 16.7. The van der Waals surface area contributed by atoms with Gasteiger partial charge in [0.25, 0.3) is 5.91 Å². The highest BCUT2D eigenvalue weighted by atomic mass is 16.5. The fourth-order valence-electron chi connectivity index (χ4n) is 4.58. The number of nitriles is 2. The molecule has 1 fully saturated rings. The lowest BCUT2D eigenvalue weighted by molar-refractivity contribution is -0.142. The van der Waals surface area contributed by atoms with Gasteiger partial charge in [0, 0.05) is 25.1 Å². The van der Waals surface area contributed by atoms with Crippen molar-refractivity contribution < 1.29 is 14.3 Å². The van der Waals surface area contributed by atoms with Crippen molar-refractivity contribution in [3.63, 3.8) is 0 Å². The molecule has 0 unspecified atom stereocenters. The Morgan fingerprint density at radius 1 is 1.31 bits per heavy atom. The van der Waals surface area contributed by atoms with E-state index in [2.05, 4.69) is 17.5 Å². The van der Waals surface area contributed by atoms with Crippen LogP contribution < -0.4 is 5.32 Å². The van der Waals surface area contributed by atoms with Crippen molar-refractivity contribution in [2.24, 2.45) is 17.8 Å². The van der Waals surface area contributed by atoms with Crippen LogP contribution in [0.1, 0.15) is 44.9 Å². The highest BCUT2D eigenvalue weighted by Gasteiger charge is 2.32. The van der Waals surface area contributed by atoms with E-state index in [9.17, 15) is 14.9 Å². The van der Waals surface area contributed by atoms with Crippen molar-refractivity contribution in [1.82, 2.24) is 10.2 Å². The van der Waals surface area contributed by atoms with Crippen LogP contribution in [0.5, 0.6) is 0 Å². The molecular formula is C22H26N4O3. The lowest BCUT2D eigenvalue weighted by atomic mass is 9.73. The number of methoxy groups -OCH3 is 1. The number of ether oxygens (including phenoxy) is 1. The van der Waals surface area contributed by atoms with Crippen LogP contribution in [0.25, 0.3) is 0 Å². The molecular weight excluding hydrogens is 368 g/mol. The van der Waals surface area contributed by atoms with Gasteiger partial charge in [0.1, 0.15) is 11.6 Å². The van der Waals surface area contributed by atoms with Gasteiger partial charge < -0.3 is 9.64 Å². The van der Waals surface area contributed by atoms with E-state index >= 15 is 0 Å². The predicted octanol–water partition coefficient (Wildman–Crippen LogP) is 2.90. The number of hydrogen-bond donors (Lipinski definition) is 1. The Bertz CT molecular complexity index is 835. The minimum absolute atomic E-state index is 0.0122. The maximum atomic E-state index is 12.7. The van der Waals surface area contributed by atoms with E-state index in [0.717, 1.165) is 37.8 Å². The maximum Gasteiger partial charge on any atom is 0.305 e. The first kappa shape index (κ1) is 20.7. The van der Waals surface area contributed by atoms with E-state index in [-0.39, 0.29) is 17.4 Å². The molecule has 0 bridgehead atoms. The number of amides is 1. The Balaban J connectivity index is 1.57. The second kappa shape index (κ2) is 9.43. The average molecular weight is 394 g/mol. The third-order valence-corrected chi connectivity index (χ3v) is 6.27. The van der Waals surface area contributed by atoms with E-state index in [0.29, 0.717) is 42.8 Å². The van der Waals surface area contributed by atoms with Crippen LogP contribution in [0, 0.1) is 40.5 Å². The number of allylic oxidation sites excluding steroid dienone is 3. The van der Waals surface area contributed by atoms with Gasteiger partial charge in [-0.2, -0.15) is 10.5 Å². The third-order valence-electron chi connectivity index (χ3n) is 6.27. The van der Waals surface area contributed by atoms with Gasteiger partial charge in [0.15, 0.2) is 6.19 Å². The highest BCUT2D eigenvalue weighted by Crippen LogP contribution is 2.39. The Kier molecular flexibility index (Phi) is 6.72. The molecule has 0 aromatic rings. The van der Waals surface area contributed by atoms with Gasteiger partial charge in [-0.3, -0.25) is 14.9 Å². The lowest BCUT2D eigenvalue weighted by Crippen LogP contribution is -2.38. The summed E-state index contributed by atoms with van der Waals surface area (Å²) in [5.41, 5.74) is 1.24. The second-order valence-corrected chi connectivity index (χ2v) is 7.86. The summed E-state index contributed by atoms with van der Waals surface area (Å²) in [5.74, 6) is 0.990. The summed E-state index contributed by atoms with van der Waals surface area (Å²) >= 11 is 0. The zero-order chi connectivity index (χ0) is 20.8. The second-order valence-electron chi connectivity index (χ2n) is 7.86. The Hall–Kier alpha value is -3.06. The summed E-state index contributed by atoms with van der Waals surface area (Å²) in [6.07, 6.45) is 14.2. The summed E-state index contributed by atoms with van der Waals surface area (Å²) < 4.78 is 4.78. The van der Waals surface area contributed by atoms with E-state index in [1.807, 2.05) is 12.1 Å². The minimum Gasteiger partial charge on any atom is -0.469 e. The van der Waals surface area contributed by atoms with E-state index in [1.54, 1.807) is 11.1 Å². The van der Waals surface area contributed by atoms with Crippen LogP contribution in [-0.4, -0.2) is 30.4 Å². The molecule has 1 saturated carbocycles. The van der Waals surface area contributed by atoms with E-state index in [1.165, 1.54) is 7.11 Å². The molecule has 7 nitrogen and oxygen atoms in total. The van der Waals surface area contributed by atoms with Crippen molar-refractivity contribution in [1.29, 1.82) is 10.5 Å². The molecule has 0 spiro atoms. The van der Waals surface area contributed by atoms with Crippen molar-refractivity contribution in [2.45, 2.75) is 44.9 Å². The molecule has 1 aliphatic heterocycles. The first-order valence-corrected chi connectivity index (χ1v) is 10.1. The average Bonchev–Trinajstić information content (AvgIpc) is 2.75. The van der Waals surface area contributed by atoms with Gasteiger partial charge >= 0.3 is 5.97 Å². The number of nitrogens with one attached hydrogen (secondary N) is 1. The summed E-state index contributed by atoms with van der Waals surface area (Å²) in [4.78, 5) is 25.7. The molecule has 1 heterocycles.